The Morgan fingerprint density at radius 3 is 2.32 bits per heavy atom. The van der Waals surface area contributed by atoms with E-state index >= 15 is 0 Å². The van der Waals surface area contributed by atoms with Crippen LogP contribution >= 0.6 is 0 Å². The molecule has 0 N–H and O–H groups in total. The van der Waals surface area contributed by atoms with Crippen LogP contribution in [-0.2, 0) is 26.2 Å². The topological polar surface area (TPSA) is 78.0 Å². The second-order valence-electron chi connectivity index (χ2n) is 7.60. The van der Waals surface area contributed by atoms with Gasteiger partial charge in [-0.15, -0.1) is 0 Å². The van der Waals surface area contributed by atoms with Gasteiger partial charge in [0.25, 0.3) is 0 Å². The molecule has 0 aliphatic carbocycles. The maximum absolute atomic E-state index is 13.6. The van der Waals surface area contributed by atoms with Gasteiger partial charge in [-0.05, 0) is 24.1 Å². The van der Waals surface area contributed by atoms with Gasteiger partial charge in [0.05, 0.1) is 4.90 Å². The van der Waals surface area contributed by atoms with E-state index in [2.05, 4.69) is 0 Å². The molecule has 1 atom stereocenters. The molecule has 2 fully saturated rings. The third kappa shape index (κ3) is 4.31. The van der Waals surface area contributed by atoms with Crippen molar-refractivity contribution in [2.75, 3.05) is 26.2 Å². The standard InChI is InChI=1S/C21H21F2N3O4S/c22-16-9-17(23)11-18(10-16)31(29,30)25-7-4-8-26-19(13-25)21(28)24(14-20(26)27)12-15-5-2-1-3-6-15/h1-3,5-6,9-11,19H,4,7-8,12-14H2. The molecule has 1 unspecified atom stereocenters. The predicted molar refractivity (Wildman–Crippen MR) is 107 cm³/mol. The number of nitrogens with zero attached hydrogens (tertiary/aromatic N) is 3. The lowest BCUT2D eigenvalue weighted by Gasteiger charge is -2.40. The van der Waals surface area contributed by atoms with Gasteiger partial charge in [0.15, 0.2) is 0 Å². The average Bonchev–Trinajstić information content (AvgIpc) is 2.96. The number of hydrogen-bond donors (Lipinski definition) is 0. The number of rotatable bonds is 4. The minimum absolute atomic E-state index is 0.0344. The molecule has 2 aliphatic rings. The van der Waals surface area contributed by atoms with Gasteiger partial charge in [0, 0.05) is 32.2 Å². The maximum Gasteiger partial charge on any atom is 0.247 e. The number of amides is 2. The summed E-state index contributed by atoms with van der Waals surface area (Å²) in [6.45, 7) is 0.157. The molecule has 0 bridgehead atoms. The van der Waals surface area contributed by atoms with Crippen LogP contribution in [0.25, 0.3) is 0 Å². The first-order chi connectivity index (χ1) is 14.8. The van der Waals surface area contributed by atoms with E-state index in [0.717, 1.165) is 22.0 Å². The number of halogens is 2. The first-order valence-electron chi connectivity index (χ1n) is 9.84. The van der Waals surface area contributed by atoms with E-state index in [0.29, 0.717) is 12.5 Å². The van der Waals surface area contributed by atoms with Crippen molar-refractivity contribution in [1.82, 2.24) is 14.1 Å². The van der Waals surface area contributed by atoms with Crippen molar-refractivity contribution >= 4 is 21.8 Å². The molecule has 2 aromatic carbocycles. The summed E-state index contributed by atoms with van der Waals surface area (Å²) >= 11 is 0. The fourth-order valence-corrected chi connectivity index (χ4v) is 5.52. The van der Waals surface area contributed by atoms with Gasteiger partial charge in [-0.1, -0.05) is 30.3 Å². The number of piperazine rings is 1. The summed E-state index contributed by atoms with van der Waals surface area (Å²) in [5.74, 6) is -2.62. The minimum atomic E-state index is -4.25. The summed E-state index contributed by atoms with van der Waals surface area (Å²) in [6.07, 6.45) is 0.311. The summed E-state index contributed by atoms with van der Waals surface area (Å²) in [4.78, 5) is 28.2. The van der Waals surface area contributed by atoms with Crippen molar-refractivity contribution in [3.05, 3.63) is 65.7 Å². The quantitative estimate of drug-likeness (QED) is 0.711. The zero-order valence-corrected chi connectivity index (χ0v) is 17.4. The fraction of sp³-hybridized carbons (Fsp3) is 0.333. The predicted octanol–water partition coefficient (Wildman–Crippen LogP) is 1.60. The van der Waals surface area contributed by atoms with E-state index in [4.69, 9.17) is 0 Å². The summed E-state index contributed by atoms with van der Waals surface area (Å²) in [7, 11) is -4.25. The molecule has 0 aromatic heterocycles. The van der Waals surface area contributed by atoms with Gasteiger partial charge in [-0.25, -0.2) is 17.2 Å². The van der Waals surface area contributed by atoms with E-state index in [1.165, 1.54) is 9.80 Å². The Bertz CT molecular complexity index is 1090. The molecule has 0 spiro atoms. The Morgan fingerprint density at radius 2 is 1.65 bits per heavy atom. The summed E-state index contributed by atoms with van der Waals surface area (Å²) in [6, 6.07) is 10.3. The van der Waals surface area contributed by atoms with Crippen molar-refractivity contribution in [1.29, 1.82) is 0 Å². The molecule has 2 amide bonds. The largest absolute Gasteiger partial charge is 0.328 e. The average molecular weight is 449 g/mol. The second-order valence-corrected chi connectivity index (χ2v) is 9.54. The zero-order chi connectivity index (χ0) is 22.2. The van der Waals surface area contributed by atoms with Crippen LogP contribution in [0.3, 0.4) is 0 Å². The molecule has 2 heterocycles. The normalized spacial score (nSPS) is 20.5. The highest BCUT2D eigenvalue weighted by Crippen LogP contribution is 2.25. The molecule has 31 heavy (non-hydrogen) atoms. The first-order valence-corrected chi connectivity index (χ1v) is 11.3. The van der Waals surface area contributed by atoms with Gasteiger partial charge in [0.2, 0.25) is 21.8 Å². The SMILES string of the molecule is O=C1C2CN(S(=O)(=O)c3cc(F)cc(F)c3)CCCN2C(=O)CN1Cc1ccccc1. The van der Waals surface area contributed by atoms with E-state index in [1.807, 2.05) is 30.3 Å². The van der Waals surface area contributed by atoms with Crippen LogP contribution in [0.2, 0.25) is 0 Å². The lowest BCUT2D eigenvalue weighted by molar-refractivity contribution is -0.156. The van der Waals surface area contributed by atoms with Crippen LogP contribution in [0.1, 0.15) is 12.0 Å². The van der Waals surface area contributed by atoms with Gasteiger partial charge in [-0.2, -0.15) is 4.31 Å². The zero-order valence-electron chi connectivity index (χ0n) is 16.6. The Morgan fingerprint density at radius 1 is 0.968 bits per heavy atom. The van der Waals surface area contributed by atoms with Crippen molar-refractivity contribution in [2.24, 2.45) is 0 Å². The van der Waals surface area contributed by atoms with E-state index < -0.39 is 32.6 Å². The molecule has 0 radical (unpaired) electrons. The summed E-state index contributed by atoms with van der Waals surface area (Å²) in [5.41, 5.74) is 0.852. The highest BCUT2D eigenvalue weighted by Gasteiger charge is 2.43. The highest BCUT2D eigenvalue weighted by atomic mass is 32.2. The Labute approximate surface area is 178 Å². The minimum Gasteiger partial charge on any atom is -0.328 e. The van der Waals surface area contributed by atoms with Crippen LogP contribution < -0.4 is 0 Å². The number of sulfonamides is 1. The van der Waals surface area contributed by atoms with Crippen LogP contribution in [0.4, 0.5) is 8.78 Å². The molecule has 0 saturated carbocycles. The Kier molecular flexibility index (Phi) is 5.76. The Hall–Kier alpha value is -2.85. The van der Waals surface area contributed by atoms with Crippen molar-refractivity contribution in [3.63, 3.8) is 0 Å². The van der Waals surface area contributed by atoms with Crippen molar-refractivity contribution in [3.8, 4) is 0 Å². The van der Waals surface area contributed by atoms with Crippen LogP contribution in [0.15, 0.2) is 53.4 Å². The molecule has 4 rings (SSSR count). The first kappa shape index (κ1) is 21.4. The van der Waals surface area contributed by atoms with E-state index in [9.17, 15) is 26.8 Å². The highest BCUT2D eigenvalue weighted by molar-refractivity contribution is 7.89. The van der Waals surface area contributed by atoms with E-state index in [-0.39, 0.29) is 44.5 Å². The second kappa shape index (κ2) is 8.35. The lowest BCUT2D eigenvalue weighted by Crippen LogP contribution is -2.61. The Balaban J connectivity index is 1.61. The van der Waals surface area contributed by atoms with Gasteiger partial charge in [0.1, 0.15) is 24.2 Å². The number of fused-ring (bicyclic) bond motifs is 1. The monoisotopic (exact) mass is 449 g/mol. The van der Waals surface area contributed by atoms with Crippen LogP contribution in [0, 0.1) is 11.6 Å². The molecular weight excluding hydrogens is 428 g/mol. The summed E-state index contributed by atoms with van der Waals surface area (Å²) < 4.78 is 54.3. The number of carbonyl (C=O) groups excluding carboxylic acids is 2. The lowest BCUT2D eigenvalue weighted by atomic mass is 10.1. The van der Waals surface area contributed by atoms with Gasteiger partial charge >= 0.3 is 0 Å². The fourth-order valence-electron chi connectivity index (χ4n) is 3.99. The third-order valence-corrected chi connectivity index (χ3v) is 7.34. The van der Waals surface area contributed by atoms with Crippen LogP contribution in [-0.4, -0.2) is 66.6 Å². The number of hydrogen-bond acceptors (Lipinski definition) is 4. The molecule has 164 valence electrons. The van der Waals surface area contributed by atoms with Gasteiger partial charge in [-0.3, -0.25) is 9.59 Å². The molecule has 2 aromatic rings. The number of carbonyl (C=O) groups is 2. The van der Waals surface area contributed by atoms with E-state index in [1.54, 1.807) is 0 Å². The smallest absolute Gasteiger partial charge is 0.247 e. The molecule has 2 aliphatic heterocycles. The third-order valence-electron chi connectivity index (χ3n) is 5.49. The molecule has 2 saturated heterocycles. The number of benzene rings is 2. The molecular formula is C21H21F2N3O4S. The maximum atomic E-state index is 13.6. The van der Waals surface area contributed by atoms with Gasteiger partial charge < -0.3 is 9.80 Å². The van der Waals surface area contributed by atoms with Crippen molar-refractivity contribution < 1.29 is 26.8 Å². The molecule has 7 nitrogen and oxygen atoms in total. The van der Waals surface area contributed by atoms with Crippen molar-refractivity contribution in [2.45, 2.75) is 23.9 Å². The van der Waals surface area contributed by atoms with Crippen LogP contribution in [0.5, 0.6) is 0 Å². The summed E-state index contributed by atoms with van der Waals surface area (Å²) in [5, 5.41) is 0. The molecule has 10 heteroatoms.